The number of carbonyl (C=O) groups is 3. The van der Waals surface area contributed by atoms with Crippen molar-refractivity contribution in [3.63, 3.8) is 0 Å². The monoisotopic (exact) mass is 671 g/mol. The Bertz CT molecular complexity index is 1660. The Morgan fingerprint density at radius 1 is 0.958 bits per heavy atom. The summed E-state index contributed by atoms with van der Waals surface area (Å²) in [6.07, 6.45) is -7.25. The largest absolute Gasteiger partial charge is 0.507 e. The van der Waals surface area contributed by atoms with Crippen LogP contribution >= 0.6 is 0 Å². The second kappa shape index (κ2) is 12.1. The van der Waals surface area contributed by atoms with Crippen LogP contribution in [0.5, 0.6) is 17.2 Å². The van der Waals surface area contributed by atoms with Crippen LogP contribution in [-0.4, -0.2) is 104 Å². The van der Waals surface area contributed by atoms with E-state index in [1.807, 2.05) is 0 Å². The molecule has 4 aliphatic rings. The van der Waals surface area contributed by atoms with Gasteiger partial charge in [0.05, 0.1) is 47.7 Å². The van der Waals surface area contributed by atoms with Gasteiger partial charge in [-0.15, -0.1) is 0 Å². The van der Waals surface area contributed by atoms with Gasteiger partial charge in [-0.25, -0.2) is 0 Å². The van der Waals surface area contributed by atoms with Crippen molar-refractivity contribution in [1.82, 2.24) is 0 Å². The van der Waals surface area contributed by atoms with Crippen LogP contribution in [0.15, 0.2) is 18.2 Å². The van der Waals surface area contributed by atoms with E-state index >= 15 is 0 Å². The molecule has 2 aliphatic carbocycles. The molecular formula is C34H41NO13. The Morgan fingerprint density at radius 3 is 2.25 bits per heavy atom. The van der Waals surface area contributed by atoms with Gasteiger partial charge in [-0.2, -0.15) is 0 Å². The van der Waals surface area contributed by atoms with Gasteiger partial charge in [0.2, 0.25) is 5.78 Å². The first-order valence-corrected chi connectivity index (χ1v) is 15.9. The van der Waals surface area contributed by atoms with Crippen LogP contribution in [0, 0.1) is 0 Å². The quantitative estimate of drug-likeness (QED) is 0.203. The lowest BCUT2D eigenvalue weighted by Gasteiger charge is -2.46. The predicted molar refractivity (Wildman–Crippen MR) is 165 cm³/mol. The number of Topliss-reactive ketones (excluding diaryl/α,β-unsaturated/α-hetero) is 1. The summed E-state index contributed by atoms with van der Waals surface area (Å²) >= 11 is 0. The maximum Gasteiger partial charge on any atom is 0.202 e. The molecule has 0 radical (unpaired) electrons. The van der Waals surface area contributed by atoms with Gasteiger partial charge in [0, 0.05) is 48.4 Å². The molecule has 0 unspecified atom stereocenters. The Morgan fingerprint density at radius 2 is 1.62 bits per heavy atom. The van der Waals surface area contributed by atoms with Gasteiger partial charge >= 0.3 is 0 Å². The molecule has 260 valence electrons. The number of ether oxygens (including phenoxy) is 5. The number of carbonyl (C=O) groups excluding carboxylic acids is 3. The van der Waals surface area contributed by atoms with E-state index in [0.717, 1.165) is 0 Å². The summed E-state index contributed by atoms with van der Waals surface area (Å²) < 4.78 is 29.6. The molecule has 0 bridgehead atoms. The molecule has 7 N–H and O–H groups in total. The zero-order valence-corrected chi connectivity index (χ0v) is 27.3. The van der Waals surface area contributed by atoms with E-state index in [2.05, 4.69) is 0 Å². The Kier molecular flexibility index (Phi) is 8.70. The van der Waals surface area contributed by atoms with Gasteiger partial charge in [0.25, 0.3) is 0 Å². The number of hydrogen-bond donors (Lipinski definition) is 6. The summed E-state index contributed by atoms with van der Waals surface area (Å²) in [7, 11) is 1.34. The summed E-state index contributed by atoms with van der Waals surface area (Å²) in [6.45, 7) is 5.97. The Labute approximate surface area is 276 Å². The van der Waals surface area contributed by atoms with Crippen molar-refractivity contribution in [2.45, 2.75) is 114 Å². The van der Waals surface area contributed by atoms with Crippen LogP contribution in [0.4, 0.5) is 0 Å². The van der Waals surface area contributed by atoms with Crippen LogP contribution in [-0.2, 0) is 30.2 Å². The van der Waals surface area contributed by atoms with E-state index in [9.17, 15) is 39.9 Å². The molecule has 14 heteroatoms. The lowest BCUT2D eigenvalue weighted by atomic mass is 9.72. The van der Waals surface area contributed by atoms with E-state index in [4.69, 9.17) is 29.4 Å². The lowest BCUT2D eigenvalue weighted by molar-refractivity contribution is -0.314. The smallest absolute Gasteiger partial charge is 0.202 e. The van der Waals surface area contributed by atoms with Gasteiger partial charge < -0.3 is 55.0 Å². The van der Waals surface area contributed by atoms with Gasteiger partial charge in [0.1, 0.15) is 35.1 Å². The summed E-state index contributed by atoms with van der Waals surface area (Å²) in [5, 5.41) is 55.5. The fourth-order valence-corrected chi connectivity index (χ4v) is 7.44. The van der Waals surface area contributed by atoms with Crippen molar-refractivity contribution in [2.75, 3.05) is 7.11 Å². The van der Waals surface area contributed by atoms with Crippen LogP contribution in [0.1, 0.15) is 96.0 Å². The first-order valence-electron chi connectivity index (χ1n) is 15.9. The number of aliphatic hydroxyl groups excluding tert-OH is 1. The summed E-state index contributed by atoms with van der Waals surface area (Å²) in [5.74, 6) is -3.30. The van der Waals surface area contributed by atoms with Crippen molar-refractivity contribution in [3.05, 3.63) is 51.6 Å². The molecule has 2 heterocycles. The Hall–Kier alpha value is -3.47. The second-order valence-electron chi connectivity index (χ2n) is 13.5. The van der Waals surface area contributed by atoms with Crippen LogP contribution < -0.4 is 10.5 Å². The summed E-state index contributed by atoms with van der Waals surface area (Å²) in [6, 6.07) is 3.73. The molecule has 0 saturated carbocycles. The highest BCUT2D eigenvalue weighted by Crippen LogP contribution is 2.52. The number of phenols is 2. The molecule has 0 spiro atoms. The fourth-order valence-electron chi connectivity index (χ4n) is 7.44. The molecule has 14 nitrogen and oxygen atoms in total. The van der Waals surface area contributed by atoms with Gasteiger partial charge in [0.15, 0.2) is 24.1 Å². The van der Waals surface area contributed by atoms with Crippen molar-refractivity contribution in [2.24, 2.45) is 5.73 Å². The van der Waals surface area contributed by atoms with Crippen molar-refractivity contribution >= 4 is 17.3 Å². The minimum absolute atomic E-state index is 0.0124. The number of phenolic OH excluding ortho intramolecular Hbond substituents is 2. The zero-order valence-electron chi connectivity index (χ0n) is 27.3. The molecule has 0 amide bonds. The van der Waals surface area contributed by atoms with E-state index in [1.165, 1.54) is 39.2 Å². The highest BCUT2D eigenvalue weighted by molar-refractivity contribution is 6.31. The highest BCUT2D eigenvalue weighted by Gasteiger charge is 2.50. The van der Waals surface area contributed by atoms with Gasteiger partial charge in [-0.3, -0.25) is 14.4 Å². The van der Waals surface area contributed by atoms with Gasteiger partial charge in [-0.1, -0.05) is 12.1 Å². The molecular weight excluding hydrogens is 630 g/mol. The number of nitrogens with two attached hydrogens (primary N) is 1. The maximum absolute atomic E-state index is 13.8. The molecule has 2 saturated heterocycles. The summed E-state index contributed by atoms with van der Waals surface area (Å²) in [5.41, 5.74) is 1.84. The van der Waals surface area contributed by atoms with Crippen molar-refractivity contribution in [1.29, 1.82) is 0 Å². The number of hydrogen-bond acceptors (Lipinski definition) is 14. The molecule has 2 fully saturated rings. The average Bonchev–Trinajstić information content (AvgIpc) is 3.01. The van der Waals surface area contributed by atoms with Crippen LogP contribution in [0.3, 0.4) is 0 Å². The third kappa shape index (κ3) is 5.50. The molecule has 2 aliphatic heterocycles. The number of aliphatic hydroxyl groups is 3. The normalized spacial score (nSPS) is 36.2. The van der Waals surface area contributed by atoms with Crippen molar-refractivity contribution in [3.8, 4) is 17.2 Å². The topological polar surface area (TPSA) is 225 Å². The van der Waals surface area contributed by atoms with E-state index < -0.39 is 107 Å². The number of benzene rings is 2. The standard InChI is InChI=1S/C34H41NO13/c1-13-31(48-22-12-33(4,42)32(41)14(2)46-22)18(35)9-21(45-13)47-20-11-34(43,15(3)36)10-17-24(20)30(40)26-25(28(17)38)27(37)16-7-6-8-19(44-5)23(16)29(26)39/h6-8,13-14,18,20-22,31-32,38,40-43H,9-12,35H2,1-5H3/t13-,14-,18-,20-,21-,22+,31+,32-,33+,34-/m0/s1. The number of aromatic hydroxyl groups is 2. The predicted octanol–water partition coefficient (Wildman–Crippen LogP) is 1.30. The fraction of sp³-hybridized carbons (Fsp3) is 0.559. The van der Waals surface area contributed by atoms with E-state index in [1.54, 1.807) is 13.8 Å². The number of rotatable bonds is 6. The van der Waals surface area contributed by atoms with Crippen molar-refractivity contribution < 1.29 is 63.6 Å². The minimum Gasteiger partial charge on any atom is -0.507 e. The first kappa shape index (κ1) is 34.4. The zero-order chi connectivity index (χ0) is 35.0. The molecule has 48 heavy (non-hydrogen) atoms. The number of fused-ring (bicyclic) bond motifs is 3. The first-order chi connectivity index (χ1) is 22.5. The molecule has 0 aromatic heterocycles. The van der Waals surface area contributed by atoms with Gasteiger partial charge in [-0.05, 0) is 33.8 Å². The summed E-state index contributed by atoms with van der Waals surface area (Å²) in [4.78, 5) is 40.2. The highest BCUT2D eigenvalue weighted by atomic mass is 16.7. The second-order valence-corrected chi connectivity index (χ2v) is 13.5. The van der Waals surface area contributed by atoms with E-state index in [-0.39, 0.29) is 47.3 Å². The molecule has 6 rings (SSSR count). The molecule has 10 atom stereocenters. The number of methoxy groups -OCH3 is 1. The SMILES string of the molecule is COc1cccc2c1C(=O)c1c(O)c3c(c(O)c1C2=O)C[C@@](O)(C(C)=O)C[C@@H]3O[C@H]1C[C@H](N)[C@H](O[C@@H]2C[C@@](C)(O)[C@@H](O)[C@H](C)O2)[C@H](C)O1. The van der Waals surface area contributed by atoms with Crippen LogP contribution in [0.2, 0.25) is 0 Å². The molecule has 2 aromatic rings. The maximum atomic E-state index is 13.8. The van der Waals surface area contributed by atoms with E-state index in [0.29, 0.717) is 0 Å². The minimum atomic E-state index is -2.05. The molecule has 2 aromatic carbocycles. The lowest BCUT2D eigenvalue weighted by Crippen LogP contribution is -2.59. The third-order valence-corrected chi connectivity index (χ3v) is 10.1. The average molecular weight is 672 g/mol. The third-order valence-electron chi connectivity index (χ3n) is 10.1. The number of ketones is 3. The Balaban J connectivity index is 1.32. The van der Waals surface area contributed by atoms with Crippen LogP contribution in [0.25, 0.3) is 0 Å².